The fraction of sp³-hybridized carbons (Fsp3) is 0.520. The van der Waals surface area contributed by atoms with E-state index in [1.807, 2.05) is 26.0 Å². The molecule has 0 saturated carbocycles. The number of halogens is 1. The van der Waals surface area contributed by atoms with Gasteiger partial charge in [0.2, 0.25) is 0 Å². The number of amides is 1. The summed E-state index contributed by atoms with van der Waals surface area (Å²) in [5.41, 5.74) is 3.61. The van der Waals surface area contributed by atoms with Gasteiger partial charge in [0.15, 0.2) is 6.10 Å². The van der Waals surface area contributed by atoms with E-state index in [9.17, 15) is 9.59 Å². The minimum atomic E-state index is -0.722. The summed E-state index contributed by atoms with van der Waals surface area (Å²) in [6, 6.07) is 3.92. The van der Waals surface area contributed by atoms with Crippen molar-refractivity contribution >= 4 is 44.1 Å². The van der Waals surface area contributed by atoms with Gasteiger partial charge < -0.3 is 14.8 Å². The maximum absolute atomic E-state index is 13.0. The van der Waals surface area contributed by atoms with E-state index >= 15 is 0 Å². The zero-order chi connectivity index (χ0) is 23.8. The van der Waals surface area contributed by atoms with Crippen LogP contribution in [0.15, 0.2) is 16.6 Å². The van der Waals surface area contributed by atoms with Gasteiger partial charge in [0.05, 0.1) is 12.7 Å². The van der Waals surface area contributed by atoms with Gasteiger partial charge >= 0.3 is 5.97 Å². The summed E-state index contributed by atoms with van der Waals surface area (Å²) >= 11 is 4.97. The first-order valence-electron chi connectivity index (χ1n) is 10.9. The van der Waals surface area contributed by atoms with Crippen LogP contribution in [-0.4, -0.2) is 25.1 Å². The first kappa shape index (κ1) is 24.8. The summed E-state index contributed by atoms with van der Waals surface area (Å²) in [6.07, 6.45) is 2.02. The Morgan fingerprint density at radius 3 is 2.41 bits per heavy atom. The number of benzene rings is 1. The Morgan fingerprint density at radius 2 is 1.84 bits per heavy atom. The number of hydrogen-bond acceptors (Lipinski definition) is 5. The lowest BCUT2D eigenvalue weighted by molar-refractivity contribution is -0.122. The van der Waals surface area contributed by atoms with Crippen LogP contribution >= 0.6 is 27.3 Å². The molecule has 1 aromatic heterocycles. The predicted molar refractivity (Wildman–Crippen MR) is 133 cm³/mol. The molecule has 7 heteroatoms. The fourth-order valence-corrected chi connectivity index (χ4v) is 6.26. The van der Waals surface area contributed by atoms with E-state index in [-0.39, 0.29) is 11.3 Å². The number of fused-ring (bicyclic) bond motifs is 1. The summed E-state index contributed by atoms with van der Waals surface area (Å²) in [7, 11) is 1.38. The fourth-order valence-electron chi connectivity index (χ4n) is 4.26. The van der Waals surface area contributed by atoms with Crippen molar-refractivity contribution in [3.63, 3.8) is 0 Å². The minimum absolute atomic E-state index is 0.194. The average molecular weight is 523 g/mol. The maximum atomic E-state index is 13.0. The number of esters is 1. The van der Waals surface area contributed by atoms with Crippen molar-refractivity contribution in [2.45, 2.75) is 66.9 Å². The monoisotopic (exact) mass is 521 g/mol. The third kappa shape index (κ3) is 5.20. The Balaban J connectivity index is 1.84. The van der Waals surface area contributed by atoms with Crippen LogP contribution < -0.4 is 10.1 Å². The lowest BCUT2D eigenvalue weighted by Gasteiger charge is -2.33. The van der Waals surface area contributed by atoms with Gasteiger partial charge in [0, 0.05) is 9.35 Å². The Morgan fingerprint density at radius 1 is 1.22 bits per heavy atom. The highest BCUT2D eigenvalue weighted by molar-refractivity contribution is 9.10. The van der Waals surface area contributed by atoms with E-state index < -0.39 is 12.1 Å². The Kier molecular flexibility index (Phi) is 7.40. The van der Waals surface area contributed by atoms with Crippen LogP contribution in [0.5, 0.6) is 5.75 Å². The molecule has 0 spiro atoms. The number of ether oxygens (including phenoxy) is 2. The zero-order valence-electron chi connectivity index (χ0n) is 19.8. The molecule has 1 N–H and O–H groups in total. The van der Waals surface area contributed by atoms with E-state index in [2.05, 4.69) is 42.0 Å². The van der Waals surface area contributed by atoms with E-state index in [1.54, 1.807) is 6.92 Å². The van der Waals surface area contributed by atoms with Crippen LogP contribution in [0.3, 0.4) is 0 Å². The van der Waals surface area contributed by atoms with Crippen LogP contribution in [0.4, 0.5) is 5.00 Å². The molecule has 0 bridgehead atoms. The number of nitrogens with one attached hydrogen (secondary N) is 1. The highest BCUT2D eigenvalue weighted by Gasteiger charge is 2.34. The number of carbonyl (C=O) groups excluding carboxylic acids is 2. The summed E-state index contributed by atoms with van der Waals surface area (Å²) in [6.45, 7) is 12.4. The molecule has 3 rings (SSSR count). The molecule has 0 fully saturated rings. The van der Waals surface area contributed by atoms with Crippen LogP contribution in [0, 0.1) is 25.2 Å². The number of anilines is 1. The highest BCUT2D eigenvalue weighted by Crippen LogP contribution is 2.44. The maximum Gasteiger partial charge on any atom is 0.341 e. The van der Waals surface area contributed by atoms with Crippen molar-refractivity contribution in [2.75, 3.05) is 12.4 Å². The topological polar surface area (TPSA) is 64.6 Å². The van der Waals surface area contributed by atoms with Crippen LogP contribution in [0.2, 0.25) is 0 Å². The van der Waals surface area contributed by atoms with Gasteiger partial charge in [-0.25, -0.2) is 4.79 Å². The molecule has 1 aliphatic rings. The quantitative estimate of drug-likeness (QED) is 0.457. The van der Waals surface area contributed by atoms with E-state index in [0.29, 0.717) is 22.2 Å². The van der Waals surface area contributed by atoms with Crippen molar-refractivity contribution in [3.05, 3.63) is 43.7 Å². The summed E-state index contributed by atoms with van der Waals surface area (Å²) < 4.78 is 12.0. The van der Waals surface area contributed by atoms with Crippen molar-refractivity contribution in [1.82, 2.24) is 0 Å². The number of thiophene rings is 1. The van der Waals surface area contributed by atoms with Crippen molar-refractivity contribution in [1.29, 1.82) is 0 Å². The standard InChI is InChI=1S/C25H32BrNO4S/c1-13-10-17(26)11-14(2)21(13)31-15(3)22(28)27-23-20(24(29)30-7)18-9-8-16(25(4,5)6)12-19(18)32-23/h10-11,15-16H,8-9,12H2,1-7H3,(H,27,28). The van der Waals surface area contributed by atoms with Crippen molar-refractivity contribution in [2.24, 2.45) is 11.3 Å². The van der Waals surface area contributed by atoms with Crippen LogP contribution in [0.1, 0.15) is 66.0 Å². The third-order valence-electron chi connectivity index (χ3n) is 6.21. The molecule has 1 heterocycles. The van der Waals surface area contributed by atoms with Gasteiger partial charge in [-0.05, 0) is 80.2 Å². The molecular weight excluding hydrogens is 490 g/mol. The smallest absolute Gasteiger partial charge is 0.341 e. The van der Waals surface area contributed by atoms with Crippen LogP contribution in [0.25, 0.3) is 0 Å². The van der Waals surface area contributed by atoms with Gasteiger partial charge in [-0.2, -0.15) is 0 Å². The zero-order valence-corrected chi connectivity index (χ0v) is 22.3. The molecule has 5 nitrogen and oxygen atoms in total. The first-order chi connectivity index (χ1) is 14.9. The predicted octanol–water partition coefficient (Wildman–Crippen LogP) is 6.47. The molecule has 1 aliphatic carbocycles. The molecule has 1 amide bonds. The Bertz CT molecular complexity index is 1010. The van der Waals surface area contributed by atoms with Gasteiger partial charge in [-0.15, -0.1) is 11.3 Å². The second-order valence-corrected chi connectivity index (χ2v) is 11.6. The molecule has 2 unspecified atom stereocenters. The van der Waals surface area contributed by atoms with Gasteiger partial charge in [-0.1, -0.05) is 36.7 Å². The highest BCUT2D eigenvalue weighted by atomic mass is 79.9. The third-order valence-corrected chi connectivity index (χ3v) is 7.83. The summed E-state index contributed by atoms with van der Waals surface area (Å²) in [5, 5.41) is 3.51. The SMILES string of the molecule is COC(=O)c1c(NC(=O)C(C)Oc2c(C)cc(Br)cc2C)sc2c1CCC(C(C)(C)C)C2. The molecule has 2 aromatic rings. The molecule has 32 heavy (non-hydrogen) atoms. The van der Waals surface area contributed by atoms with E-state index in [1.165, 1.54) is 23.3 Å². The molecule has 0 aliphatic heterocycles. The molecule has 2 atom stereocenters. The summed E-state index contributed by atoms with van der Waals surface area (Å²) in [4.78, 5) is 26.8. The van der Waals surface area contributed by atoms with Crippen molar-refractivity contribution in [3.8, 4) is 5.75 Å². The first-order valence-corrected chi connectivity index (χ1v) is 12.5. The van der Waals surface area contributed by atoms with E-state index in [0.717, 1.165) is 40.4 Å². The number of carbonyl (C=O) groups is 2. The normalized spacial score (nSPS) is 16.8. The number of rotatable bonds is 5. The number of methoxy groups -OCH3 is 1. The average Bonchev–Trinajstić information content (AvgIpc) is 3.06. The second-order valence-electron chi connectivity index (χ2n) is 9.62. The molecular formula is C25H32BrNO4S. The molecule has 0 saturated heterocycles. The second kappa shape index (κ2) is 9.56. The number of hydrogen-bond donors (Lipinski definition) is 1. The van der Waals surface area contributed by atoms with E-state index in [4.69, 9.17) is 9.47 Å². The van der Waals surface area contributed by atoms with Gasteiger partial charge in [0.1, 0.15) is 10.8 Å². The lowest BCUT2D eigenvalue weighted by Crippen LogP contribution is -2.31. The molecule has 1 aromatic carbocycles. The summed E-state index contributed by atoms with van der Waals surface area (Å²) in [5.74, 6) is 0.541. The van der Waals surface area contributed by atoms with Crippen LogP contribution in [-0.2, 0) is 22.4 Å². The molecule has 174 valence electrons. The largest absolute Gasteiger partial charge is 0.480 e. The van der Waals surface area contributed by atoms with Gasteiger partial charge in [-0.3, -0.25) is 4.79 Å². The van der Waals surface area contributed by atoms with Crippen molar-refractivity contribution < 1.29 is 19.1 Å². The van der Waals surface area contributed by atoms with Gasteiger partial charge in [0.25, 0.3) is 5.91 Å². The number of aryl methyl sites for hydroxylation is 2. The minimum Gasteiger partial charge on any atom is -0.480 e. The lowest BCUT2D eigenvalue weighted by atomic mass is 9.72. The Labute approximate surface area is 203 Å². The Hall–Kier alpha value is -1.86. The molecule has 0 radical (unpaired) electrons.